The van der Waals surface area contributed by atoms with Crippen molar-refractivity contribution in [1.82, 2.24) is 5.32 Å². The molecule has 0 aliphatic carbocycles. The van der Waals surface area contributed by atoms with Gasteiger partial charge >= 0.3 is 0 Å². The summed E-state index contributed by atoms with van der Waals surface area (Å²) in [6.45, 7) is 0.951. The Balaban J connectivity index is 1.54. The topological polar surface area (TPSA) is 54.6 Å². The molecule has 5 heteroatoms. The Hall–Kier alpha value is -2.27. The van der Waals surface area contributed by atoms with Gasteiger partial charge in [-0.1, -0.05) is 35.9 Å². The van der Waals surface area contributed by atoms with E-state index in [1.54, 1.807) is 7.11 Å². The Morgan fingerprint density at radius 2 is 1.84 bits per heavy atom. The van der Waals surface area contributed by atoms with E-state index in [-0.39, 0.29) is 0 Å². The summed E-state index contributed by atoms with van der Waals surface area (Å²) in [5.74, 6) is 2.29. The van der Waals surface area contributed by atoms with E-state index in [0.717, 1.165) is 28.4 Å². The Bertz CT molecular complexity index is 814. The molecule has 0 saturated heterocycles. The predicted octanol–water partition coefficient (Wildman–Crippen LogP) is 4.43. The van der Waals surface area contributed by atoms with Gasteiger partial charge in [0.2, 0.25) is 0 Å². The highest BCUT2D eigenvalue weighted by Gasteiger charge is 2.10. The number of ether oxygens (including phenoxy) is 1. The number of halogens is 1. The summed E-state index contributed by atoms with van der Waals surface area (Å²) in [5.41, 5.74) is 1.71. The van der Waals surface area contributed by atoms with Gasteiger partial charge in [0.25, 0.3) is 0 Å². The fourth-order valence-electron chi connectivity index (χ4n) is 2.55. The van der Waals surface area contributed by atoms with Gasteiger partial charge in [0.05, 0.1) is 24.8 Å². The molecular weight excluding hydrogens is 338 g/mol. The fourth-order valence-corrected chi connectivity index (χ4v) is 2.78. The molecule has 0 spiro atoms. The van der Waals surface area contributed by atoms with Crippen molar-refractivity contribution >= 4 is 11.6 Å². The van der Waals surface area contributed by atoms with Crippen LogP contribution in [0, 0.1) is 0 Å². The Labute approximate surface area is 152 Å². The van der Waals surface area contributed by atoms with Gasteiger partial charge in [-0.15, -0.1) is 0 Å². The molecule has 2 aromatic carbocycles. The van der Waals surface area contributed by atoms with Crippen LogP contribution in [0.5, 0.6) is 5.75 Å². The number of hydrogen-bond acceptors (Lipinski definition) is 4. The van der Waals surface area contributed by atoms with Gasteiger partial charge in [0, 0.05) is 12.1 Å². The molecule has 1 aromatic heterocycles. The number of aliphatic hydroxyl groups is 1. The van der Waals surface area contributed by atoms with Crippen LogP contribution < -0.4 is 10.1 Å². The van der Waals surface area contributed by atoms with Crippen molar-refractivity contribution < 1.29 is 14.3 Å². The summed E-state index contributed by atoms with van der Waals surface area (Å²) in [6.07, 6.45) is -0.594. The summed E-state index contributed by atoms with van der Waals surface area (Å²) >= 11 is 6.19. The normalized spacial score (nSPS) is 12.1. The minimum Gasteiger partial charge on any atom is -0.497 e. The summed E-state index contributed by atoms with van der Waals surface area (Å²) in [7, 11) is 1.62. The Morgan fingerprint density at radius 3 is 2.56 bits per heavy atom. The quantitative estimate of drug-likeness (QED) is 0.656. The first kappa shape index (κ1) is 17.5. The van der Waals surface area contributed by atoms with E-state index < -0.39 is 6.10 Å². The molecule has 2 N–H and O–H groups in total. The van der Waals surface area contributed by atoms with Gasteiger partial charge in [0.1, 0.15) is 17.3 Å². The number of hydrogen-bond donors (Lipinski definition) is 2. The fraction of sp³-hybridized carbons (Fsp3) is 0.200. The van der Waals surface area contributed by atoms with Gasteiger partial charge in [0.15, 0.2) is 0 Å². The number of furan rings is 1. The number of benzene rings is 2. The maximum Gasteiger partial charge on any atom is 0.135 e. The van der Waals surface area contributed by atoms with E-state index >= 15 is 0 Å². The van der Waals surface area contributed by atoms with Crippen LogP contribution >= 0.6 is 11.6 Å². The molecule has 1 heterocycles. The molecule has 3 aromatic rings. The smallest absolute Gasteiger partial charge is 0.135 e. The Morgan fingerprint density at radius 1 is 1.08 bits per heavy atom. The van der Waals surface area contributed by atoms with Crippen molar-refractivity contribution in [2.45, 2.75) is 12.6 Å². The van der Waals surface area contributed by atoms with E-state index in [1.165, 1.54) is 0 Å². The summed E-state index contributed by atoms with van der Waals surface area (Å²) in [6, 6.07) is 18.8. The lowest BCUT2D eigenvalue weighted by Gasteiger charge is -2.12. The molecule has 0 saturated carbocycles. The van der Waals surface area contributed by atoms with E-state index in [0.29, 0.717) is 18.1 Å². The molecule has 4 nitrogen and oxygen atoms in total. The molecule has 25 heavy (non-hydrogen) atoms. The lowest BCUT2D eigenvalue weighted by atomic mass is 10.1. The minimum atomic E-state index is -0.594. The first-order chi connectivity index (χ1) is 12.2. The highest BCUT2D eigenvalue weighted by molar-refractivity contribution is 6.33. The highest BCUT2D eigenvalue weighted by Crippen LogP contribution is 2.29. The second-order valence-corrected chi connectivity index (χ2v) is 6.07. The van der Waals surface area contributed by atoms with Crippen LogP contribution in [0.2, 0.25) is 5.02 Å². The van der Waals surface area contributed by atoms with E-state index in [4.69, 9.17) is 20.8 Å². The second-order valence-electron chi connectivity index (χ2n) is 5.67. The average Bonchev–Trinajstić information content (AvgIpc) is 3.10. The molecule has 0 fully saturated rings. The van der Waals surface area contributed by atoms with Gasteiger partial charge < -0.3 is 19.6 Å². The molecule has 0 amide bonds. The molecule has 0 aliphatic rings. The third kappa shape index (κ3) is 4.42. The SMILES string of the molecule is COc1ccc(C(O)CNCc2ccc(-c3ccccc3Cl)o2)cc1. The lowest BCUT2D eigenvalue weighted by molar-refractivity contribution is 0.173. The van der Waals surface area contributed by atoms with Crippen LogP contribution in [0.25, 0.3) is 11.3 Å². The maximum atomic E-state index is 10.2. The third-order valence-electron chi connectivity index (χ3n) is 3.94. The van der Waals surface area contributed by atoms with Crippen LogP contribution in [0.15, 0.2) is 65.1 Å². The molecule has 0 bridgehead atoms. The predicted molar refractivity (Wildman–Crippen MR) is 98.8 cm³/mol. The van der Waals surface area contributed by atoms with Crippen LogP contribution in [-0.2, 0) is 6.54 Å². The highest BCUT2D eigenvalue weighted by atomic mass is 35.5. The van der Waals surface area contributed by atoms with E-state index in [9.17, 15) is 5.11 Å². The van der Waals surface area contributed by atoms with Gasteiger partial charge in [-0.2, -0.15) is 0 Å². The zero-order chi connectivity index (χ0) is 17.6. The molecular formula is C20H20ClNO3. The van der Waals surface area contributed by atoms with E-state index in [2.05, 4.69) is 5.32 Å². The summed E-state index contributed by atoms with van der Waals surface area (Å²) in [4.78, 5) is 0. The largest absolute Gasteiger partial charge is 0.497 e. The van der Waals surface area contributed by atoms with Gasteiger partial charge in [-0.3, -0.25) is 0 Å². The lowest BCUT2D eigenvalue weighted by Crippen LogP contribution is -2.20. The zero-order valence-corrected chi connectivity index (χ0v) is 14.7. The van der Waals surface area contributed by atoms with Crippen molar-refractivity contribution in [2.24, 2.45) is 0 Å². The zero-order valence-electron chi connectivity index (χ0n) is 13.9. The van der Waals surface area contributed by atoms with Crippen molar-refractivity contribution in [2.75, 3.05) is 13.7 Å². The first-order valence-corrected chi connectivity index (χ1v) is 8.41. The summed E-state index contributed by atoms with van der Waals surface area (Å²) in [5, 5.41) is 14.1. The standard InChI is InChI=1S/C20H20ClNO3/c1-24-15-8-6-14(7-9-15)19(23)13-22-12-16-10-11-20(25-16)17-4-2-3-5-18(17)21/h2-11,19,22-23H,12-13H2,1H3. The molecule has 3 rings (SSSR count). The number of nitrogens with one attached hydrogen (secondary N) is 1. The molecule has 0 radical (unpaired) electrons. The monoisotopic (exact) mass is 357 g/mol. The molecule has 0 aliphatic heterocycles. The number of rotatable bonds is 7. The number of methoxy groups -OCH3 is 1. The van der Waals surface area contributed by atoms with Gasteiger partial charge in [-0.25, -0.2) is 0 Å². The van der Waals surface area contributed by atoms with E-state index in [1.807, 2.05) is 60.7 Å². The first-order valence-electron chi connectivity index (χ1n) is 8.03. The third-order valence-corrected chi connectivity index (χ3v) is 4.27. The molecule has 1 unspecified atom stereocenters. The number of aliphatic hydroxyl groups excluding tert-OH is 1. The van der Waals surface area contributed by atoms with Crippen molar-refractivity contribution in [3.8, 4) is 17.1 Å². The van der Waals surface area contributed by atoms with Crippen LogP contribution in [0.1, 0.15) is 17.4 Å². The Kier molecular flexibility index (Phi) is 5.76. The molecule has 130 valence electrons. The van der Waals surface area contributed by atoms with Crippen LogP contribution in [-0.4, -0.2) is 18.8 Å². The summed E-state index contributed by atoms with van der Waals surface area (Å²) < 4.78 is 10.9. The molecule has 1 atom stereocenters. The van der Waals surface area contributed by atoms with Crippen molar-refractivity contribution in [1.29, 1.82) is 0 Å². The van der Waals surface area contributed by atoms with Crippen molar-refractivity contribution in [3.05, 3.63) is 77.0 Å². The minimum absolute atomic E-state index is 0.425. The van der Waals surface area contributed by atoms with Crippen molar-refractivity contribution in [3.63, 3.8) is 0 Å². The van der Waals surface area contributed by atoms with Gasteiger partial charge in [-0.05, 0) is 42.0 Å². The van der Waals surface area contributed by atoms with Crippen LogP contribution in [0.3, 0.4) is 0 Å². The average molecular weight is 358 g/mol. The maximum absolute atomic E-state index is 10.2. The second kappa shape index (κ2) is 8.21. The van der Waals surface area contributed by atoms with Crippen LogP contribution in [0.4, 0.5) is 0 Å².